The van der Waals surface area contributed by atoms with Gasteiger partial charge in [0.1, 0.15) is 0 Å². The van der Waals surface area contributed by atoms with Crippen molar-refractivity contribution in [3.8, 4) is 0 Å². The first-order valence-corrected chi connectivity index (χ1v) is 11.2. The minimum atomic E-state index is -3.83. The third kappa shape index (κ3) is 4.89. The van der Waals surface area contributed by atoms with Crippen LogP contribution in [0.4, 0.5) is 5.69 Å². The zero-order chi connectivity index (χ0) is 21.9. The summed E-state index contributed by atoms with van der Waals surface area (Å²) in [5.74, 6) is -0.319. The van der Waals surface area contributed by atoms with E-state index in [9.17, 15) is 13.2 Å². The largest absolute Gasteiger partial charge is 0.348 e. The number of hydrogen-bond acceptors (Lipinski definition) is 3. The average Bonchev–Trinajstić information content (AvgIpc) is 2.70. The van der Waals surface area contributed by atoms with E-state index in [-0.39, 0.29) is 10.8 Å². The van der Waals surface area contributed by atoms with E-state index in [0.29, 0.717) is 23.4 Å². The van der Waals surface area contributed by atoms with Gasteiger partial charge in [-0.2, -0.15) is 0 Å². The Bertz CT molecular complexity index is 1200. The molecule has 0 bridgehead atoms. The molecule has 1 amide bonds. The summed E-state index contributed by atoms with van der Waals surface area (Å²) in [6, 6.07) is 17.9. The van der Waals surface area contributed by atoms with E-state index in [4.69, 9.17) is 0 Å². The van der Waals surface area contributed by atoms with Gasteiger partial charge in [-0.15, -0.1) is 0 Å². The van der Waals surface area contributed by atoms with Crippen LogP contribution < -0.4 is 10.0 Å². The molecule has 0 saturated carbocycles. The van der Waals surface area contributed by atoms with Crippen molar-refractivity contribution >= 4 is 21.6 Å². The third-order valence-electron chi connectivity index (χ3n) is 5.20. The average molecular weight is 423 g/mol. The van der Waals surface area contributed by atoms with Crippen molar-refractivity contribution in [1.82, 2.24) is 5.32 Å². The van der Waals surface area contributed by atoms with Gasteiger partial charge in [-0.3, -0.25) is 9.52 Å². The number of carbonyl (C=O) groups is 1. The first-order valence-electron chi connectivity index (χ1n) is 9.71. The molecule has 30 heavy (non-hydrogen) atoms. The molecule has 0 aliphatic rings. The Labute approximate surface area is 178 Å². The van der Waals surface area contributed by atoms with Crippen molar-refractivity contribution in [2.45, 2.75) is 39.1 Å². The van der Waals surface area contributed by atoms with Crippen LogP contribution in [0.2, 0.25) is 0 Å². The van der Waals surface area contributed by atoms with E-state index in [1.807, 2.05) is 51.1 Å². The molecule has 0 unspecified atom stereocenters. The third-order valence-corrected chi connectivity index (χ3v) is 6.72. The van der Waals surface area contributed by atoms with Crippen LogP contribution in [0.5, 0.6) is 0 Å². The molecule has 0 radical (unpaired) electrons. The minimum absolute atomic E-state index is 0.0873. The summed E-state index contributed by atoms with van der Waals surface area (Å²) in [5.41, 5.74) is 5.55. The van der Waals surface area contributed by atoms with Crippen LogP contribution in [0.3, 0.4) is 0 Å². The van der Waals surface area contributed by atoms with Crippen LogP contribution >= 0.6 is 0 Å². The molecule has 156 valence electrons. The number of rotatable bonds is 6. The normalized spacial score (nSPS) is 11.2. The van der Waals surface area contributed by atoms with Gasteiger partial charge in [-0.05, 0) is 79.8 Å². The summed E-state index contributed by atoms with van der Waals surface area (Å²) < 4.78 is 28.6. The highest BCUT2D eigenvalue weighted by atomic mass is 32.2. The first-order chi connectivity index (χ1) is 14.2. The monoisotopic (exact) mass is 422 g/mol. The van der Waals surface area contributed by atoms with Gasteiger partial charge >= 0.3 is 0 Å². The van der Waals surface area contributed by atoms with Gasteiger partial charge in [0, 0.05) is 17.8 Å². The Morgan fingerprint density at radius 1 is 0.800 bits per heavy atom. The highest BCUT2D eigenvalue weighted by Crippen LogP contribution is 2.22. The molecule has 3 aromatic carbocycles. The molecular weight excluding hydrogens is 396 g/mol. The van der Waals surface area contributed by atoms with Crippen molar-refractivity contribution < 1.29 is 13.2 Å². The fourth-order valence-electron chi connectivity index (χ4n) is 3.13. The van der Waals surface area contributed by atoms with Crippen LogP contribution in [-0.2, 0) is 16.6 Å². The van der Waals surface area contributed by atoms with Crippen molar-refractivity contribution in [2.24, 2.45) is 0 Å². The molecule has 0 saturated heterocycles. The number of benzene rings is 3. The molecule has 5 nitrogen and oxygen atoms in total. The molecule has 0 aromatic heterocycles. The fourth-order valence-corrected chi connectivity index (χ4v) is 4.45. The Balaban J connectivity index is 1.82. The van der Waals surface area contributed by atoms with E-state index >= 15 is 0 Å². The maximum atomic E-state index is 13.0. The summed E-state index contributed by atoms with van der Waals surface area (Å²) in [5, 5.41) is 2.86. The lowest BCUT2D eigenvalue weighted by Crippen LogP contribution is -2.24. The lowest BCUT2D eigenvalue weighted by molar-refractivity contribution is 0.0950. The molecule has 6 heteroatoms. The number of sulfonamides is 1. The van der Waals surface area contributed by atoms with Crippen LogP contribution in [0.15, 0.2) is 65.6 Å². The first kappa shape index (κ1) is 21.6. The second-order valence-corrected chi connectivity index (χ2v) is 9.14. The van der Waals surface area contributed by atoms with Gasteiger partial charge in [0.15, 0.2) is 0 Å². The highest BCUT2D eigenvalue weighted by molar-refractivity contribution is 7.92. The van der Waals surface area contributed by atoms with Gasteiger partial charge in [-0.1, -0.05) is 36.4 Å². The van der Waals surface area contributed by atoms with Gasteiger partial charge in [0.2, 0.25) is 0 Å². The molecule has 0 heterocycles. The lowest BCUT2D eigenvalue weighted by atomic mass is 10.1. The molecule has 2 N–H and O–H groups in total. The van der Waals surface area contributed by atoms with Gasteiger partial charge in [-0.25, -0.2) is 8.42 Å². The SMILES string of the molecule is Cc1ccc(NS(=O)(=O)c2cc(C(=O)NCc3ccccc3C)ccc2C)cc1C. The molecule has 3 aromatic rings. The number of hydrogen-bond donors (Lipinski definition) is 2. The second kappa shape index (κ2) is 8.71. The van der Waals surface area contributed by atoms with Crippen LogP contribution in [0, 0.1) is 27.7 Å². The van der Waals surface area contributed by atoms with E-state index in [2.05, 4.69) is 10.0 Å². The molecule has 0 atom stereocenters. The number of anilines is 1. The van der Waals surface area contributed by atoms with E-state index in [1.165, 1.54) is 6.07 Å². The standard InChI is InChI=1S/C24H26N2O3S/c1-16-10-12-22(13-19(16)4)26-30(28,29)23-14-20(11-9-18(23)3)24(27)25-15-21-8-6-5-7-17(21)2/h5-14,26H,15H2,1-4H3,(H,25,27). The number of aryl methyl sites for hydroxylation is 4. The smallest absolute Gasteiger partial charge is 0.262 e. The molecule has 0 aliphatic heterocycles. The second-order valence-electron chi connectivity index (χ2n) is 7.49. The predicted octanol–water partition coefficient (Wildman–Crippen LogP) is 4.65. The van der Waals surface area contributed by atoms with E-state index < -0.39 is 10.0 Å². The summed E-state index contributed by atoms with van der Waals surface area (Å²) in [6.45, 7) is 7.97. The molecule has 0 spiro atoms. The lowest BCUT2D eigenvalue weighted by Gasteiger charge is -2.13. The van der Waals surface area contributed by atoms with Crippen LogP contribution in [-0.4, -0.2) is 14.3 Å². The molecule has 0 fully saturated rings. The van der Waals surface area contributed by atoms with Crippen molar-refractivity contribution in [1.29, 1.82) is 0 Å². The quantitative estimate of drug-likeness (QED) is 0.607. The Hall–Kier alpha value is -3.12. The summed E-state index contributed by atoms with van der Waals surface area (Å²) in [4.78, 5) is 12.7. The Morgan fingerprint density at radius 2 is 1.50 bits per heavy atom. The minimum Gasteiger partial charge on any atom is -0.348 e. The topological polar surface area (TPSA) is 75.3 Å². The van der Waals surface area contributed by atoms with E-state index in [1.54, 1.807) is 31.2 Å². The van der Waals surface area contributed by atoms with Crippen LogP contribution in [0.25, 0.3) is 0 Å². The summed E-state index contributed by atoms with van der Waals surface area (Å²) in [7, 11) is -3.83. The summed E-state index contributed by atoms with van der Waals surface area (Å²) >= 11 is 0. The zero-order valence-corrected chi connectivity index (χ0v) is 18.4. The van der Waals surface area contributed by atoms with Crippen molar-refractivity contribution in [2.75, 3.05) is 4.72 Å². The van der Waals surface area contributed by atoms with Crippen molar-refractivity contribution in [3.63, 3.8) is 0 Å². The maximum absolute atomic E-state index is 13.0. The van der Waals surface area contributed by atoms with Gasteiger partial charge < -0.3 is 5.32 Å². The highest BCUT2D eigenvalue weighted by Gasteiger charge is 2.19. The number of nitrogens with one attached hydrogen (secondary N) is 2. The number of amides is 1. The zero-order valence-electron chi connectivity index (χ0n) is 17.6. The van der Waals surface area contributed by atoms with Gasteiger partial charge in [0.25, 0.3) is 15.9 Å². The summed E-state index contributed by atoms with van der Waals surface area (Å²) in [6.07, 6.45) is 0. The number of carbonyl (C=O) groups excluding carboxylic acids is 1. The molecular formula is C24H26N2O3S. The van der Waals surface area contributed by atoms with Gasteiger partial charge in [0.05, 0.1) is 4.90 Å². The fraction of sp³-hybridized carbons (Fsp3) is 0.208. The molecule has 3 rings (SSSR count). The van der Waals surface area contributed by atoms with E-state index in [0.717, 1.165) is 22.3 Å². The predicted molar refractivity (Wildman–Crippen MR) is 120 cm³/mol. The Morgan fingerprint density at radius 3 is 2.20 bits per heavy atom. The van der Waals surface area contributed by atoms with Crippen molar-refractivity contribution in [3.05, 3.63) is 94.0 Å². The Kier molecular flexibility index (Phi) is 6.27. The molecule has 0 aliphatic carbocycles. The maximum Gasteiger partial charge on any atom is 0.262 e. The van der Waals surface area contributed by atoms with Crippen LogP contribution in [0.1, 0.15) is 38.2 Å².